The summed E-state index contributed by atoms with van der Waals surface area (Å²) in [5.41, 5.74) is 1.37. The van der Waals surface area contributed by atoms with Crippen LogP contribution in [0.4, 0.5) is 0 Å². The van der Waals surface area contributed by atoms with E-state index in [9.17, 15) is 19.2 Å². The van der Waals surface area contributed by atoms with Gasteiger partial charge in [-0.25, -0.2) is 0 Å². The fourth-order valence-electron chi connectivity index (χ4n) is 4.14. The molecule has 0 atom stereocenters. The molecule has 0 saturated carbocycles. The number of rotatable bonds is 4. The van der Waals surface area contributed by atoms with E-state index < -0.39 is 38.1 Å². The molecular weight excluding hydrogens is 465 g/mol. The number of carbonyl (C=O) groups excluding carboxylic acids is 4. The molecule has 0 spiro atoms. The first-order chi connectivity index (χ1) is 15.0. The van der Waals surface area contributed by atoms with Crippen LogP contribution < -0.4 is 0 Å². The van der Waals surface area contributed by atoms with Crippen LogP contribution in [0, 0.1) is 0 Å². The average molecular weight is 478 g/mol. The summed E-state index contributed by atoms with van der Waals surface area (Å²) in [7, 11) is 0. The molecule has 0 bridgehead atoms. The van der Waals surface area contributed by atoms with Gasteiger partial charge in [0.2, 0.25) is 0 Å². The van der Waals surface area contributed by atoms with E-state index in [1.54, 1.807) is 35.2 Å². The van der Waals surface area contributed by atoms with Crippen LogP contribution in [0.5, 0.6) is 0 Å². The quantitative estimate of drug-likeness (QED) is 0.410. The van der Waals surface area contributed by atoms with Crippen molar-refractivity contribution in [2.75, 3.05) is 13.1 Å². The Balaban J connectivity index is 1.48. The van der Waals surface area contributed by atoms with Crippen LogP contribution in [0.1, 0.15) is 39.2 Å². The number of benzene rings is 1. The van der Waals surface area contributed by atoms with Gasteiger partial charge in [0.1, 0.15) is 0 Å². The number of hydrogen-bond donors (Lipinski definition) is 0. The van der Waals surface area contributed by atoms with Crippen molar-refractivity contribution in [1.82, 2.24) is 19.4 Å². The van der Waals surface area contributed by atoms with Gasteiger partial charge in [0.15, 0.2) is 0 Å². The Labute approximate surface area is 181 Å². The summed E-state index contributed by atoms with van der Waals surface area (Å²) < 4.78 is 2.52. The molecule has 0 N–H and O–H groups in total. The van der Waals surface area contributed by atoms with Crippen LogP contribution in [0.3, 0.4) is 0 Å². The normalized spacial score (nSPS) is 17.4. The second-order valence-corrected chi connectivity index (χ2v) is 9.50. The summed E-state index contributed by atoms with van der Waals surface area (Å²) in [6.07, 6.45) is 8.44. The molecule has 5 heterocycles. The number of imide groups is 2. The van der Waals surface area contributed by atoms with Crippen molar-refractivity contribution in [3.05, 3.63) is 63.0 Å². The van der Waals surface area contributed by atoms with Gasteiger partial charge in [0.25, 0.3) is 0 Å². The van der Waals surface area contributed by atoms with Crippen molar-refractivity contribution < 1.29 is 19.2 Å². The fourth-order valence-corrected chi connectivity index (χ4v) is 6.71. The molecule has 9 nitrogen and oxygen atoms in total. The van der Waals surface area contributed by atoms with Gasteiger partial charge in [-0.3, -0.25) is 0 Å². The third-order valence-electron chi connectivity index (χ3n) is 5.59. The number of aromatic nitrogens is 2. The number of nitrogens with zero attached hydrogens (tertiary/aromatic N) is 5. The van der Waals surface area contributed by atoms with E-state index in [0.29, 0.717) is 43.0 Å². The minimum absolute atomic E-state index is 0.0360. The van der Waals surface area contributed by atoms with Crippen LogP contribution in [0.2, 0.25) is 0 Å². The zero-order chi connectivity index (χ0) is 21.3. The molecule has 3 aliphatic rings. The molecule has 0 fully saturated rings. The van der Waals surface area contributed by atoms with Gasteiger partial charge in [-0.2, -0.15) is 0 Å². The summed E-state index contributed by atoms with van der Waals surface area (Å²) >= 11 is -0.610. The second kappa shape index (κ2) is 6.44. The van der Waals surface area contributed by atoms with Crippen LogP contribution in [0.15, 0.2) is 48.0 Å². The summed E-state index contributed by atoms with van der Waals surface area (Å²) in [5.74, 6) is -1.69. The molecule has 0 aliphatic carbocycles. The molecular formula is C21H13N5O4Se. The zero-order valence-corrected chi connectivity index (χ0v) is 17.7. The van der Waals surface area contributed by atoms with Gasteiger partial charge in [-0.15, -0.1) is 0 Å². The topological polar surface area (TPSA) is 105 Å². The molecule has 31 heavy (non-hydrogen) atoms. The van der Waals surface area contributed by atoms with Crippen molar-refractivity contribution >= 4 is 54.6 Å². The van der Waals surface area contributed by atoms with E-state index in [1.165, 1.54) is 11.2 Å². The molecule has 10 heteroatoms. The average Bonchev–Trinajstić information content (AvgIpc) is 3.53. The fraction of sp³-hybridized carbons (Fsp3) is 0.143. The maximum absolute atomic E-state index is 13.2. The molecule has 2 aromatic heterocycles. The predicted molar refractivity (Wildman–Crippen MR) is 110 cm³/mol. The maximum atomic E-state index is 13.2. The van der Waals surface area contributed by atoms with Gasteiger partial charge < -0.3 is 0 Å². The van der Waals surface area contributed by atoms with E-state index in [0.717, 1.165) is 4.90 Å². The molecule has 152 valence electrons. The Morgan fingerprint density at radius 2 is 1.58 bits per heavy atom. The molecule has 0 unspecified atom stereocenters. The molecule has 1 aromatic carbocycles. The minimum atomic E-state index is -0.610. The summed E-state index contributed by atoms with van der Waals surface area (Å²) in [4.78, 5) is 63.3. The van der Waals surface area contributed by atoms with Crippen LogP contribution in [-0.4, -0.2) is 76.3 Å². The summed E-state index contributed by atoms with van der Waals surface area (Å²) in [6.45, 7) is 0.672. The Morgan fingerprint density at radius 1 is 0.903 bits per heavy atom. The molecule has 3 aliphatic heterocycles. The first-order valence-corrected chi connectivity index (χ1v) is 11.2. The molecule has 3 aromatic rings. The Morgan fingerprint density at radius 3 is 2.19 bits per heavy atom. The van der Waals surface area contributed by atoms with E-state index in [4.69, 9.17) is 0 Å². The summed E-state index contributed by atoms with van der Waals surface area (Å²) in [5, 5.41) is 0.926. The number of imidazole rings is 1. The van der Waals surface area contributed by atoms with Gasteiger partial charge in [0, 0.05) is 0 Å². The Kier molecular flexibility index (Phi) is 3.77. The van der Waals surface area contributed by atoms with Crippen molar-refractivity contribution in [3.8, 4) is 0 Å². The van der Waals surface area contributed by atoms with Crippen LogP contribution in [-0.2, 0) is 6.67 Å². The predicted octanol–water partition coefficient (Wildman–Crippen LogP) is 0.954. The first kappa shape index (κ1) is 18.2. The van der Waals surface area contributed by atoms with Gasteiger partial charge in [-0.1, -0.05) is 0 Å². The van der Waals surface area contributed by atoms with Crippen molar-refractivity contribution in [2.24, 2.45) is 4.99 Å². The van der Waals surface area contributed by atoms with Gasteiger partial charge in [-0.05, 0) is 0 Å². The summed E-state index contributed by atoms with van der Waals surface area (Å²) in [6, 6.07) is 3.17. The number of aliphatic imine (C=N–C) groups is 1. The molecule has 4 amide bonds. The number of amides is 4. The number of carbonyl (C=O) groups is 4. The standard InChI is InChI=1S/C21H13N5O4Se/c27-18-12-3-4-13-15-14(12)16(20(29)25(18)8-11-2-1-5-23-11)31-17(15)21(30)26(19(13)28)10-24-7-6-22-9-24/h1-4,6-7,9H,5,8,10H2. The van der Waals surface area contributed by atoms with Crippen LogP contribution >= 0.6 is 0 Å². The van der Waals surface area contributed by atoms with Crippen molar-refractivity contribution in [3.63, 3.8) is 0 Å². The Bertz CT molecular complexity index is 1400. The van der Waals surface area contributed by atoms with Crippen molar-refractivity contribution in [1.29, 1.82) is 0 Å². The second-order valence-electron chi connectivity index (χ2n) is 7.36. The van der Waals surface area contributed by atoms with E-state index in [1.807, 2.05) is 6.08 Å². The zero-order valence-electron chi connectivity index (χ0n) is 15.9. The van der Waals surface area contributed by atoms with E-state index >= 15 is 0 Å². The van der Waals surface area contributed by atoms with E-state index in [-0.39, 0.29) is 13.2 Å². The Hall–Kier alpha value is -3.62. The first-order valence-electron chi connectivity index (χ1n) is 9.52. The SMILES string of the molecule is O=C1c2ccc3c4c([se]c(c24)C(=O)N1CC1=NCC=C1)C(=O)N(Cn1ccnc1)C3=O. The molecule has 0 radical (unpaired) electrons. The van der Waals surface area contributed by atoms with Gasteiger partial charge in [0.05, 0.1) is 0 Å². The van der Waals surface area contributed by atoms with Crippen molar-refractivity contribution in [2.45, 2.75) is 6.67 Å². The third-order valence-corrected chi connectivity index (χ3v) is 8.03. The monoisotopic (exact) mass is 479 g/mol. The molecule has 6 rings (SSSR count). The van der Waals surface area contributed by atoms with Crippen LogP contribution in [0.25, 0.3) is 10.8 Å². The van der Waals surface area contributed by atoms with E-state index in [2.05, 4.69) is 9.98 Å². The van der Waals surface area contributed by atoms with Gasteiger partial charge >= 0.3 is 181 Å². The molecule has 0 saturated heterocycles. The third kappa shape index (κ3) is 2.49. The number of hydrogen-bond acceptors (Lipinski definition) is 6.